The van der Waals surface area contributed by atoms with E-state index in [9.17, 15) is 28.4 Å². The normalized spacial score (nSPS) is 19.3. The predicted octanol–water partition coefficient (Wildman–Crippen LogP) is 1.66. The fourth-order valence-electron chi connectivity index (χ4n) is 4.74. The first-order valence-corrected chi connectivity index (χ1v) is 25.4. The molecule has 0 spiro atoms. The van der Waals surface area contributed by atoms with E-state index in [0.29, 0.717) is 98.4 Å². The van der Waals surface area contributed by atoms with Crippen molar-refractivity contribution in [1.29, 1.82) is 0 Å². The lowest BCUT2D eigenvalue weighted by atomic mass is 9.96. The van der Waals surface area contributed by atoms with Crippen LogP contribution in [0.3, 0.4) is 0 Å². The number of ether oxygens (including phenoxy) is 12. The van der Waals surface area contributed by atoms with Crippen molar-refractivity contribution in [1.82, 2.24) is 0 Å². The summed E-state index contributed by atoms with van der Waals surface area (Å²) in [5, 5.41) is 0. The molecule has 376 valence electrons. The van der Waals surface area contributed by atoms with Gasteiger partial charge in [0.2, 0.25) is 0 Å². The molecule has 2 radical (unpaired) electrons. The van der Waals surface area contributed by atoms with Gasteiger partial charge in [-0.3, -0.25) is 27.1 Å². The van der Waals surface area contributed by atoms with Crippen molar-refractivity contribution in [3.8, 4) is 12.3 Å². The van der Waals surface area contributed by atoms with Crippen LogP contribution in [0, 0.1) is 12.3 Å². The van der Waals surface area contributed by atoms with Gasteiger partial charge in [0.1, 0.15) is 14.0 Å². The van der Waals surface area contributed by atoms with E-state index in [4.69, 9.17) is 98.3 Å². The first-order chi connectivity index (χ1) is 30.9. The Morgan fingerprint density at radius 2 is 0.766 bits per heavy atom. The highest BCUT2D eigenvalue weighted by Gasteiger charge is 2.35. The summed E-state index contributed by atoms with van der Waals surface area (Å²) in [5.41, 5.74) is 0. The summed E-state index contributed by atoms with van der Waals surface area (Å²) in [7, 11) is -5.44. The van der Waals surface area contributed by atoms with Crippen LogP contribution in [0.2, 0.25) is 0 Å². The molecule has 24 nitrogen and oxygen atoms in total. The smallest absolute Gasteiger partial charge is 0.380 e. The van der Waals surface area contributed by atoms with Gasteiger partial charge in [0.05, 0.1) is 178 Å². The van der Waals surface area contributed by atoms with Crippen LogP contribution in [0.15, 0.2) is 0 Å². The summed E-state index contributed by atoms with van der Waals surface area (Å²) in [6.07, 6.45) is 6.57. The van der Waals surface area contributed by atoms with E-state index in [0.717, 1.165) is 0 Å². The summed E-state index contributed by atoms with van der Waals surface area (Å²) in [6, 6.07) is -0.519. The van der Waals surface area contributed by atoms with E-state index < -0.39 is 35.6 Å². The van der Waals surface area contributed by atoms with Gasteiger partial charge in [0.25, 0.3) is 0 Å². The summed E-state index contributed by atoms with van der Waals surface area (Å²) in [4.78, 5) is 29.1. The van der Waals surface area contributed by atoms with Crippen molar-refractivity contribution in [2.75, 3.05) is 179 Å². The molecule has 6 unspecified atom stereocenters. The Labute approximate surface area is 378 Å². The van der Waals surface area contributed by atoms with E-state index in [1.165, 1.54) is 7.11 Å². The molecule has 1 aliphatic heterocycles. The number of hydrogen-bond acceptors (Lipinski definition) is 21. The zero-order valence-electron chi connectivity index (χ0n) is 36.9. The fraction of sp³-hybridized carbons (Fsp3) is 0.944. The molecule has 0 amide bonds. The van der Waals surface area contributed by atoms with Crippen molar-refractivity contribution in [2.45, 2.75) is 43.9 Å². The number of methoxy groups -OCH3 is 1. The minimum absolute atomic E-state index is 0.0577. The molecule has 0 aromatic carbocycles. The number of rotatable bonds is 49. The Hall–Kier alpha value is -0.525. The van der Waals surface area contributed by atoms with Crippen molar-refractivity contribution in [2.24, 2.45) is 0 Å². The van der Waals surface area contributed by atoms with Crippen molar-refractivity contribution in [3.63, 3.8) is 0 Å². The van der Waals surface area contributed by atoms with Gasteiger partial charge in [-0.15, -0.1) is 12.3 Å². The molecular weight excluding hydrogens is 920 g/mol. The number of phosphoric ester groups is 3. The van der Waals surface area contributed by atoms with Gasteiger partial charge in [-0.25, -0.2) is 13.7 Å². The number of phosphoric acid groups is 3. The van der Waals surface area contributed by atoms with Crippen LogP contribution in [0.5, 0.6) is 0 Å². The largest absolute Gasteiger partial charge is 0.472 e. The zero-order valence-corrected chi connectivity index (χ0v) is 39.5. The Morgan fingerprint density at radius 1 is 0.484 bits per heavy atom. The molecule has 1 rings (SSSR count). The average molecular weight is 991 g/mol. The van der Waals surface area contributed by atoms with Crippen molar-refractivity contribution < 1.29 is 112 Å². The first kappa shape index (κ1) is 61.5. The highest BCUT2D eigenvalue weighted by molar-refractivity contribution is 7.47. The maximum Gasteiger partial charge on any atom is 0.472 e. The van der Waals surface area contributed by atoms with Gasteiger partial charge < -0.3 is 71.5 Å². The first-order valence-electron chi connectivity index (χ1n) is 20.9. The fourth-order valence-corrected chi connectivity index (χ4v) is 6.88. The molecule has 1 saturated heterocycles. The maximum absolute atomic E-state index is 12.0. The minimum atomic E-state index is -4.28. The third-order valence-corrected chi connectivity index (χ3v) is 10.8. The van der Waals surface area contributed by atoms with Crippen LogP contribution in [-0.2, 0) is 97.7 Å². The van der Waals surface area contributed by atoms with E-state index in [2.05, 4.69) is 5.92 Å². The van der Waals surface area contributed by atoms with Crippen molar-refractivity contribution in [3.05, 3.63) is 0 Å². The highest BCUT2D eigenvalue weighted by atomic mass is 31.2. The lowest BCUT2D eigenvalue weighted by Gasteiger charge is -2.19. The van der Waals surface area contributed by atoms with Crippen LogP contribution >= 0.6 is 23.5 Å². The standard InChI is InChI=1S/C36H70BO24P3/c1-3-4-5-6-7-55-62(38,39)56-28-24-51-20-16-47-12-8-45-9-13-48-17-21-52-25-29-57-63(40,41)58-30-26-53-22-18-49-14-10-46-11-15-50-19-23-54-27-31-59-64(42,43)60-33-35-34(44-2)32-36(37)61-35/h1,34-36H,4-33H2,2H3,(H,38,39)(H,40,41)(H,42,43). The average Bonchev–Trinajstić information content (AvgIpc) is 3.63. The third-order valence-electron chi connectivity index (χ3n) is 7.81. The summed E-state index contributed by atoms with van der Waals surface area (Å²) in [5.74, 6) is 2.48. The van der Waals surface area contributed by atoms with Crippen LogP contribution in [0.25, 0.3) is 0 Å². The SMILES string of the molecule is [B]C1CC(OC)C(COP(=O)(O)OCCOCCOCCOCCOCCOCCOP(=O)(O)OCCOCCOCCOCCOCCOCCOP(=O)(O)OCCCCC#C)O1. The third kappa shape index (κ3) is 39.5. The monoisotopic (exact) mass is 990 g/mol. The van der Waals surface area contributed by atoms with Gasteiger partial charge in [-0.1, -0.05) is 0 Å². The number of terminal acetylenes is 1. The summed E-state index contributed by atoms with van der Waals surface area (Å²) < 4.78 is 129. The maximum atomic E-state index is 12.0. The molecule has 28 heteroatoms. The lowest BCUT2D eigenvalue weighted by Crippen LogP contribution is -2.28. The molecule has 6 atom stereocenters. The molecular formula is C36H70BO24P3. The zero-order chi connectivity index (χ0) is 46.9. The van der Waals surface area contributed by atoms with Gasteiger partial charge in [-0.2, -0.15) is 0 Å². The second-order valence-electron chi connectivity index (χ2n) is 12.9. The minimum Gasteiger partial charge on any atom is -0.380 e. The molecule has 3 N–H and O–H groups in total. The molecule has 0 aromatic rings. The van der Waals surface area contributed by atoms with Gasteiger partial charge >= 0.3 is 23.5 Å². The number of hydrogen-bond donors (Lipinski definition) is 3. The second kappa shape index (κ2) is 41.4. The van der Waals surface area contributed by atoms with Crippen molar-refractivity contribution >= 4 is 31.3 Å². The molecule has 1 heterocycles. The summed E-state index contributed by atoms with van der Waals surface area (Å²) >= 11 is 0. The Balaban J connectivity index is 1.76. The van der Waals surface area contributed by atoms with Crippen LogP contribution in [0.1, 0.15) is 25.7 Å². The highest BCUT2D eigenvalue weighted by Crippen LogP contribution is 2.44. The van der Waals surface area contributed by atoms with E-state index in [1.54, 1.807) is 0 Å². The van der Waals surface area contributed by atoms with E-state index in [1.807, 2.05) is 0 Å². The summed E-state index contributed by atoms with van der Waals surface area (Å²) in [6.45, 7) is 4.60. The molecule has 1 aliphatic rings. The number of unbranched alkanes of at least 4 members (excludes halogenated alkanes) is 2. The quantitative estimate of drug-likeness (QED) is 0.0338. The molecule has 0 aromatic heterocycles. The molecule has 64 heavy (non-hydrogen) atoms. The van der Waals surface area contributed by atoms with Gasteiger partial charge in [-0.05, 0) is 19.3 Å². The van der Waals surface area contributed by atoms with E-state index in [-0.39, 0.29) is 105 Å². The Bertz CT molecular complexity index is 1270. The lowest BCUT2D eigenvalue weighted by molar-refractivity contribution is -0.0255. The predicted molar refractivity (Wildman–Crippen MR) is 226 cm³/mol. The van der Waals surface area contributed by atoms with Crippen LogP contribution in [0.4, 0.5) is 0 Å². The van der Waals surface area contributed by atoms with Crippen LogP contribution in [-0.4, -0.2) is 220 Å². The van der Waals surface area contributed by atoms with E-state index >= 15 is 0 Å². The molecule has 1 fully saturated rings. The van der Waals surface area contributed by atoms with Gasteiger partial charge in [0.15, 0.2) is 0 Å². The van der Waals surface area contributed by atoms with Crippen LogP contribution < -0.4 is 0 Å². The Kier molecular flexibility index (Phi) is 39.8. The molecule has 0 aliphatic carbocycles. The molecule has 0 saturated carbocycles. The van der Waals surface area contributed by atoms with Gasteiger partial charge in [0, 0.05) is 19.5 Å². The topological polar surface area (TPSA) is 278 Å². The molecule has 0 bridgehead atoms. The second-order valence-corrected chi connectivity index (χ2v) is 17.2. The Morgan fingerprint density at radius 3 is 1.06 bits per heavy atom.